The molecule has 2 saturated heterocycles. The Balaban J connectivity index is 0.000000197. The Labute approximate surface area is 410 Å². The largest absolute Gasteiger partial charge is 0.477 e. The Morgan fingerprint density at radius 1 is 0.597 bits per heavy atom. The van der Waals surface area contributed by atoms with Crippen molar-refractivity contribution in [3.05, 3.63) is 79.9 Å². The lowest BCUT2D eigenvalue weighted by molar-refractivity contribution is -0.161. The highest BCUT2D eigenvalue weighted by atomic mass is 19.1. The minimum Gasteiger partial charge on any atom is -0.477 e. The van der Waals surface area contributed by atoms with Gasteiger partial charge < -0.3 is 63.2 Å². The maximum Gasteiger partial charge on any atom is 0.377 e. The molecule has 0 radical (unpaired) electrons. The molecule has 2 aliphatic carbocycles. The first-order chi connectivity index (χ1) is 34.4. The number of Topliss-reactive ketones (excluding diaryl/α,β-unsaturated/α-hetero) is 4. The number of fused-ring (bicyclic) bond motifs is 2. The lowest BCUT2D eigenvalue weighted by atomic mass is 10.1. The van der Waals surface area contributed by atoms with Crippen molar-refractivity contribution in [2.45, 2.75) is 77.3 Å². The molecule has 4 aromatic rings. The van der Waals surface area contributed by atoms with Gasteiger partial charge in [0.25, 0.3) is 0 Å². The van der Waals surface area contributed by atoms with Crippen molar-refractivity contribution in [1.82, 2.24) is 19.8 Å². The van der Waals surface area contributed by atoms with Gasteiger partial charge in [0.1, 0.15) is 34.3 Å². The second kappa shape index (κ2) is 24.7. The summed E-state index contributed by atoms with van der Waals surface area (Å²) >= 11 is 0. The molecule has 2 saturated carbocycles. The van der Waals surface area contributed by atoms with Crippen molar-refractivity contribution in [3.63, 3.8) is 0 Å². The maximum absolute atomic E-state index is 15.0. The van der Waals surface area contributed by atoms with Crippen molar-refractivity contribution in [3.8, 4) is 0 Å². The molecule has 3 N–H and O–H groups in total. The number of hydrogen-bond donors (Lipinski definition) is 3. The number of carboxylic acid groups (broad SMARTS) is 1. The van der Waals surface area contributed by atoms with Gasteiger partial charge in [0, 0.05) is 120 Å². The summed E-state index contributed by atoms with van der Waals surface area (Å²) in [5.74, 6) is -7.57. The van der Waals surface area contributed by atoms with E-state index in [0.717, 1.165) is 57.9 Å². The van der Waals surface area contributed by atoms with Gasteiger partial charge in [-0.15, -0.1) is 0 Å². The summed E-state index contributed by atoms with van der Waals surface area (Å²) in [6.45, 7) is 7.21. The molecule has 8 rings (SSSR count). The third-order valence-corrected chi connectivity index (χ3v) is 12.0. The molecule has 0 spiro atoms. The van der Waals surface area contributed by atoms with Gasteiger partial charge in [-0.1, -0.05) is 0 Å². The van der Waals surface area contributed by atoms with Crippen molar-refractivity contribution >= 4 is 80.2 Å². The predicted octanol–water partition coefficient (Wildman–Crippen LogP) is 3.14. The van der Waals surface area contributed by atoms with Crippen molar-refractivity contribution in [2.75, 3.05) is 82.9 Å². The van der Waals surface area contributed by atoms with Crippen LogP contribution in [0.1, 0.15) is 98.0 Å². The number of aromatic carboxylic acids is 1. The van der Waals surface area contributed by atoms with E-state index < -0.39 is 64.7 Å². The number of pyridine rings is 2. The second-order valence-electron chi connectivity index (χ2n) is 17.5. The third kappa shape index (κ3) is 14.0. The number of carbonyl (C=O) groups excluding carboxylic acids is 7. The zero-order valence-electron chi connectivity index (χ0n) is 40.1. The van der Waals surface area contributed by atoms with Gasteiger partial charge in [-0.3, -0.25) is 19.2 Å². The van der Waals surface area contributed by atoms with Gasteiger partial charge in [-0.2, -0.15) is 0 Å². The highest BCUT2D eigenvalue weighted by molar-refractivity contribution is 6.34. The first-order valence-corrected chi connectivity index (χ1v) is 23.4. The normalized spacial score (nSPS) is 15.3. The molecule has 2 aliphatic heterocycles. The fourth-order valence-electron chi connectivity index (χ4n) is 7.89. The molecule has 0 unspecified atom stereocenters. The van der Waals surface area contributed by atoms with Gasteiger partial charge in [0.2, 0.25) is 29.2 Å². The molecule has 72 heavy (non-hydrogen) atoms. The van der Waals surface area contributed by atoms with Gasteiger partial charge in [0.15, 0.2) is 6.79 Å². The summed E-state index contributed by atoms with van der Waals surface area (Å²) in [7, 11) is 1.34. The molecular weight excluding hydrogens is 951 g/mol. The monoisotopic (exact) mass is 1010 g/mol. The summed E-state index contributed by atoms with van der Waals surface area (Å²) in [4.78, 5) is 120. The minimum atomic E-state index is -1.28. The Hall–Kier alpha value is -7.24. The van der Waals surface area contributed by atoms with Crippen LogP contribution in [0.5, 0.6) is 0 Å². The lowest BCUT2D eigenvalue weighted by Crippen LogP contribution is -2.43. The summed E-state index contributed by atoms with van der Waals surface area (Å²) in [6.07, 6.45) is 5.96. The molecule has 23 heteroatoms. The van der Waals surface area contributed by atoms with E-state index in [2.05, 4.69) is 24.8 Å². The number of halogens is 2. The average molecular weight is 1010 g/mol. The number of aromatic nitrogens is 2. The van der Waals surface area contributed by atoms with Crippen molar-refractivity contribution in [1.29, 1.82) is 0 Å². The Morgan fingerprint density at radius 2 is 1.00 bits per heavy atom. The summed E-state index contributed by atoms with van der Waals surface area (Å²) in [5.41, 5.74) is 0.0809. The van der Waals surface area contributed by atoms with Crippen molar-refractivity contribution in [2.24, 2.45) is 0 Å². The van der Waals surface area contributed by atoms with Crippen LogP contribution in [0.4, 0.5) is 20.2 Å². The highest BCUT2D eigenvalue weighted by Crippen LogP contribution is 2.39. The number of ketones is 4. The lowest BCUT2D eigenvalue weighted by Gasteiger charge is -2.30. The van der Waals surface area contributed by atoms with Crippen LogP contribution in [0.15, 0.2) is 46.2 Å². The molecule has 21 nitrogen and oxygen atoms in total. The van der Waals surface area contributed by atoms with Crippen molar-refractivity contribution < 1.29 is 71.2 Å². The van der Waals surface area contributed by atoms with Gasteiger partial charge in [-0.05, 0) is 63.8 Å². The molecule has 386 valence electrons. The number of benzene rings is 2. The number of esters is 3. The van der Waals surface area contributed by atoms with Gasteiger partial charge in [0.05, 0.1) is 22.4 Å². The van der Waals surface area contributed by atoms with E-state index in [1.807, 2.05) is 14.4 Å². The number of nitrogens with zero attached hydrogens (tertiary/aromatic N) is 4. The smallest absolute Gasteiger partial charge is 0.377 e. The number of hydrogen-bond acceptors (Lipinski definition) is 18. The number of anilines is 2. The quantitative estimate of drug-likeness (QED) is 0.0734. The molecular formula is C49H56F2N6O15. The predicted molar refractivity (Wildman–Crippen MR) is 254 cm³/mol. The standard InChI is InChI=1S/C24H26FN3O7.C17H18FN3O3.C8H12O5/c1-14(29)2-5-21(30)24(33)35-13-34-23(32)17-12-28(15-3-4-15)19-11-20(27-8-6-26-7-9-27)18(25)10-16(19)22(17)31;18-13-7-11-14(8-15(13)20-5-3-19-4-6-20)21(10-1-2-10)9-12(16(11)22)17(23)24;1-6(9)3-4-7(10)8(11)13-5-12-2/h10-12,15,26H,2-9,13H2,1H3;7-10,19H,1-6H2,(H,23,24);3-5H2,1-2H3. The average Bonchev–Trinajstić information content (AvgIpc) is 4.31. The first kappa shape index (κ1) is 54.1. The molecule has 2 aromatic carbocycles. The van der Waals surface area contributed by atoms with Crippen LogP contribution < -0.4 is 31.3 Å². The molecule has 0 bridgehead atoms. The molecule has 4 fully saturated rings. The van der Waals surface area contributed by atoms with E-state index in [9.17, 15) is 57.4 Å². The van der Waals surface area contributed by atoms with Crippen LogP contribution in [0.2, 0.25) is 0 Å². The fourth-order valence-corrected chi connectivity index (χ4v) is 7.89. The zero-order chi connectivity index (χ0) is 52.2. The van der Waals surface area contributed by atoms with Crippen LogP contribution in [-0.4, -0.2) is 134 Å². The summed E-state index contributed by atoms with van der Waals surface area (Å²) < 4.78 is 51.5. The van der Waals surface area contributed by atoms with Crippen LogP contribution >= 0.6 is 0 Å². The first-order valence-electron chi connectivity index (χ1n) is 23.4. The topological polar surface area (TPSA) is 268 Å². The number of rotatable bonds is 18. The highest BCUT2D eigenvalue weighted by Gasteiger charge is 2.30. The minimum absolute atomic E-state index is 0.0548. The van der Waals surface area contributed by atoms with Crippen LogP contribution in [0, 0.1) is 11.6 Å². The fraction of sp³-hybridized carbons (Fsp3) is 0.469. The van der Waals surface area contributed by atoms with Gasteiger partial charge >= 0.3 is 23.9 Å². The van der Waals surface area contributed by atoms with E-state index in [1.165, 1.54) is 39.4 Å². The second-order valence-corrected chi connectivity index (χ2v) is 17.5. The number of methoxy groups -OCH3 is 1. The number of carbonyl (C=O) groups is 8. The maximum atomic E-state index is 15.0. The zero-order valence-corrected chi connectivity index (χ0v) is 40.1. The Bertz CT molecular complexity index is 2880. The summed E-state index contributed by atoms with van der Waals surface area (Å²) in [5, 5.41) is 15.9. The number of piperazine rings is 2. The van der Waals surface area contributed by atoms with E-state index in [1.54, 1.807) is 16.7 Å². The molecule has 4 heterocycles. The van der Waals surface area contributed by atoms with Crippen LogP contribution in [-0.2, 0) is 47.7 Å². The molecule has 0 amide bonds. The van der Waals surface area contributed by atoms with E-state index in [-0.39, 0.29) is 78.0 Å². The molecule has 2 aromatic heterocycles. The van der Waals surface area contributed by atoms with Gasteiger partial charge in [-0.25, -0.2) is 28.0 Å². The summed E-state index contributed by atoms with van der Waals surface area (Å²) in [6, 6.07) is 5.95. The van der Waals surface area contributed by atoms with E-state index in [0.29, 0.717) is 48.6 Å². The Kier molecular flexibility index (Phi) is 18.6. The SMILES string of the molecule is CC(=O)CCC(=O)C(=O)OCOC(=O)c1cn(C2CC2)c2cc(N3CCNCC3)c(F)cc2c1=O.COCOC(=O)C(=O)CCC(C)=O.O=C(O)c1cn(C2CC2)c2cc(N3CCNCC3)c(F)cc2c1=O. The van der Waals surface area contributed by atoms with Crippen LogP contribution in [0.3, 0.4) is 0 Å². The Morgan fingerprint density at radius 3 is 1.39 bits per heavy atom. The number of nitrogens with one attached hydrogen (secondary N) is 2. The number of ether oxygens (including phenoxy) is 4. The van der Waals surface area contributed by atoms with E-state index >= 15 is 4.39 Å². The molecule has 4 aliphatic rings. The van der Waals surface area contributed by atoms with E-state index in [4.69, 9.17) is 4.74 Å². The third-order valence-electron chi connectivity index (χ3n) is 12.0. The van der Waals surface area contributed by atoms with Crippen LogP contribution in [0.25, 0.3) is 21.8 Å². The molecule has 0 atom stereocenters. The number of carboxylic acids is 1.